The molecular formula is C17H18ClIN2O2. The molecule has 23 heavy (non-hydrogen) atoms. The van der Waals surface area contributed by atoms with Crippen LogP contribution in [0.2, 0.25) is 5.02 Å². The van der Waals surface area contributed by atoms with Gasteiger partial charge in [-0.1, -0.05) is 23.7 Å². The number of halogens is 2. The van der Waals surface area contributed by atoms with Crippen molar-refractivity contribution in [2.45, 2.75) is 6.92 Å². The monoisotopic (exact) mass is 444 g/mol. The molecule has 0 amide bonds. The van der Waals surface area contributed by atoms with Crippen molar-refractivity contribution < 1.29 is 9.47 Å². The Balaban J connectivity index is 2.33. The Bertz CT molecular complexity index is 707. The Morgan fingerprint density at radius 2 is 1.96 bits per heavy atom. The number of methoxy groups -OCH3 is 1. The molecule has 2 rings (SSSR count). The van der Waals surface area contributed by atoms with Gasteiger partial charge in [-0.3, -0.25) is 0 Å². The molecule has 122 valence electrons. The van der Waals surface area contributed by atoms with E-state index in [1.165, 1.54) is 0 Å². The molecule has 4 nitrogen and oxygen atoms in total. The van der Waals surface area contributed by atoms with E-state index in [2.05, 4.69) is 27.6 Å². The lowest BCUT2D eigenvalue weighted by molar-refractivity contribution is 0.378. The van der Waals surface area contributed by atoms with Crippen molar-refractivity contribution in [3.05, 3.63) is 45.0 Å². The fourth-order valence-corrected chi connectivity index (χ4v) is 2.45. The Morgan fingerprint density at radius 1 is 1.22 bits per heavy atom. The van der Waals surface area contributed by atoms with Crippen molar-refractivity contribution in [1.82, 2.24) is 4.90 Å². The van der Waals surface area contributed by atoms with Gasteiger partial charge in [-0.2, -0.15) is 0 Å². The van der Waals surface area contributed by atoms with Crippen LogP contribution in [0, 0.1) is 3.57 Å². The highest BCUT2D eigenvalue weighted by Gasteiger charge is 2.12. The van der Waals surface area contributed by atoms with Crippen molar-refractivity contribution in [2.75, 3.05) is 20.7 Å². The third-order valence-electron chi connectivity index (χ3n) is 3.18. The summed E-state index contributed by atoms with van der Waals surface area (Å²) in [6, 6.07) is 11.3. The quantitative estimate of drug-likeness (QED) is 0.342. The molecule has 0 heterocycles. The van der Waals surface area contributed by atoms with Crippen LogP contribution in [0.4, 0.5) is 5.69 Å². The molecular weight excluding hydrogens is 427 g/mol. The van der Waals surface area contributed by atoms with Gasteiger partial charge in [0, 0.05) is 25.7 Å². The van der Waals surface area contributed by atoms with Gasteiger partial charge in [-0.25, -0.2) is 4.99 Å². The third-order valence-corrected chi connectivity index (χ3v) is 4.38. The molecule has 0 radical (unpaired) electrons. The van der Waals surface area contributed by atoms with Gasteiger partial charge in [0.1, 0.15) is 5.75 Å². The molecule has 0 aromatic heterocycles. The molecule has 0 saturated heterocycles. The van der Waals surface area contributed by atoms with Gasteiger partial charge < -0.3 is 14.4 Å². The van der Waals surface area contributed by atoms with Crippen LogP contribution in [0.1, 0.15) is 6.92 Å². The molecule has 2 aromatic rings. The highest BCUT2D eigenvalue weighted by atomic mass is 127. The Kier molecular flexibility index (Phi) is 6.53. The zero-order valence-electron chi connectivity index (χ0n) is 13.2. The summed E-state index contributed by atoms with van der Waals surface area (Å²) in [5.74, 6) is 1.90. The smallest absolute Gasteiger partial charge is 0.170 e. The minimum absolute atomic E-state index is 0.507. The van der Waals surface area contributed by atoms with Crippen molar-refractivity contribution in [3.8, 4) is 17.2 Å². The van der Waals surface area contributed by atoms with Crippen LogP contribution in [0.3, 0.4) is 0 Å². The van der Waals surface area contributed by atoms with Gasteiger partial charge in [-0.15, -0.1) is 0 Å². The standard InChI is InChI=1S/C17H18ClIN2O2/c1-4-21(2)11-20-14-10-16(22-3)17(9-12(14)18)23-15-8-6-5-7-13(15)19/h5-11H,4H2,1-3H3/b20-11+. The maximum atomic E-state index is 6.32. The summed E-state index contributed by atoms with van der Waals surface area (Å²) in [7, 11) is 3.54. The van der Waals surface area contributed by atoms with E-state index in [1.54, 1.807) is 25.6 Å². The number of para-hydroxylation sites is 1. The lowest BCUT2D eigenvalue weighted by Crippen LogP contribution is -2.14. The Labute approximate surface area is 155 Å². The van der Waals surface area contributed by atoms with Crippen LogP contribution in [0.5, 0.6) is 17.2 Å². The first-order valence-corrected chi connectivity index (χ1v) is 8.55. The fraction of sp³-hybridized carbons (Fsp3) is 0.235. The largest absolute Gasteiger partial charge is 0.493 e. The molecule has 0 saturated carbocycles. The molecule has 0 atom stereocenters. The van der Waals surface area contributed by atoms with Crippen molar-refractivity contribution in [1.29, 1.82) is 0 Å². The first-order valence-electron chi connectivity index (χ1n) is 7.09. The molecule has 0 bridgehead atoms. The van der Waals surface area contributed by atoms with Crippen molar-refractivity contribution in [3.63, 3.8) is 0 Å². The number of benzene rings is 2. The van der Waals surface area contributed by atoms with Gasteiger partial charge in [0.25, 0.3) is 0 Å². The number of hydrogen-bond acceptors (Lipinski definition) is 3. The first kappa shape index (κ1) is 17.9. The van der Waals surface area contributed by atoms with E-state index >= 15 is 0 Å². The maximum absolute atomic E-state index is 6.32. The Hall–Kier alpha value is -1.47. The van der Waals surface area contributed by atoms with Crippen molar-refractivity contribution in [2.24, 2.45) is 4.99 Å². The molecule has 2 aromatic carbocycles. The second-order valence-corrected chi connectivity index (χ2v) is 6.37. The minimum Gasteiger partial charge on any atom is -0.493 e. The topological polar surface area (TPSA) is 34.1 Å². The summed E-state index contributed by atoms with van der Waals surface area (Å²) < 4.78 is 12.4. The van der Waals surface area contributed by atoms with Crippen LogP contribution in [-0.2, 0) is 0 Å². The number of ether oxygens (including phenoxy) is 2. The number of hydrogen-bond donors (Lipinski definition) is 0. The van der Waals surface area contributed by atoms with E-state index in [-0.39, 0.29) is 0 Å². The van der Waals surface area contributed by atoms with Crippen LogP contribution in [0.25, 0.3) is 0 Å². The highest BCUT2D eigenvalue weighted by Crippen LogP contribution is 2.40. The molecule has 0 N–H and O–H groups in total. The molecule has 0 fully saturated rings. The van der Waals surface area contributed by atoms with E-state index in [9.17, 15) is 0 Å². The average Bonchev–Trinajstić information content (AvgIpc) is 2.55. The zero-order valence-corrected chi connectivity index (χ0v) is 16.1. The molecule has 0 unspecified atom stereocenters. The molecule has 0 aliphatic carbocycles. The fourth-order valence-electron chi connectivity index (χ4n) is 1.75. The predicted molar refractivity (Wildman–Crippen MR) is 104 cm³/mol. The normalized spacial score (nSPS) is 10.8. The number of aliphatic imine (C=N–C) groups is 1. The number of nitrogens with zero attached hydrogens (tertiary/aromatic N) is 2. The van der Waals surface area contributed by atoms with E-state index in [0.29, 0.717) is 22.2 Å². The van der Waals surface area contributed by atoms with Crippen LogP contribution in [-0.4, -0.2) is 31.9 Å². The predicted octanol–water partition coefficient (Wildman–Crippen LogP) is 5.36. The SMILES string of the molecule is CCN(C)/C=N/c1cc(OC)c(Oc2ccccc2I)cc1Cl. The summed E-state index contributed by atoms with van der Waals surface area (Å²) in [4.78, 5) is 6.34. The summed E-state index contributed by atoms with van der Waals surface area (Å²) in [5, 5.41) is 0.507. The zero-order chi connectivity index (χ0) is 16.8. The Morgan fingerprint density at radius 3 is 2.61 bits per heavy atom. The summed E-state index contributed by atoms with van der Waals surface area (Å²) in [6.45, 7) is 2.92. The molecule has 0 aliphatic rings. The van der Waals surface area contributed by atoms with E-state index in [0.717, 1.165) is 15.9 Å². The van der Waals surface area contributed by atoms with Gasteiger partial charge in [0.2, 0.25) is 0 Å². The van der Waals surface area contributed by atoms with Gasteiger partial charge in [-0.05, 0) is 41.6 Å². The van der Waals surface area contributed by atoms with Crippen molar-refractivity contribution >= 4 is 46.2 Å². The van der Waals surface area contributed by atoms with Crippen LogP contribution in [0.15, 0.2) is 41.4 Å². The van der Waals surface area contributed by atoms with Crippen LogP contribution < -0.4 is 9.47 Å². The average molecular weight is 445 g/mol. The summed E-state index contributed by atoms with van der Waals surface area (Å²) >= 11 is 8.54. The maximum Gasteiger partial charge on any atom is 0.170 e. The lowest BCUT2D eigenvalue weighted by atomic mass is 10.2. The molecule has 6 heteroatoms. The molecule has 0 aliphatic heterocycles. The number of rotatable bonds is 6. The minimum atomic E-state index is 0.507. The first-order chi connectivity index (χ1) is 11.0. The van der Waals surface area contributed by atoms with Crippen LogP contribution >= 0.6 is 34.2 Å². The second-order valence-electron chi connectivity index (χ2n) is 4.80. The van der Waals surface area contributed by atoms with E-state index < -0.39 is 0 Å². The third kappa shape index (κ3) is 4.75. The lowest BCUT2D eigenvalue weighted by Gasteiger charge is -2.13. The van der Waals surface area contributed by atoms with Gasteiger partial charge in [0.05, 0.1) is 27.7 Å². The van der Waals surface area contributed by atoms with E-state index in [4.69, 9.17) is 21.1 Å². The second kappa shape index (κ2) is 8.40. The van der Waals surface area contributed by atoms with Gasteiger partial charge >= 0.3 is 0 Å². The highest BCUT2D eigenvalue weighted by molar-refractivity contribution is 14.1. The molecule has 0 spiro atoms. The van der Waals surface area contributed by atoms with E-state index in [1.807, 2.05) is 43.1 Å². The van der Waals surface area contributed by atoms with Gasteiger partial charge in [0.15, 0.2) is 11.5 Å². The summed E-state index contributed by atoms with van der Waals surface area (Å²) in [5.41, 5.74) is 0.638. The summed E-state index contributed by atoms with van der Waals surface area (Å²) in [6.07, 6.45) is 1.74.